The first-order chi connectivity index (χ1) is 20.1. The number of rotatable bonds is 6. The molecule has 2 saturated heterocycles. The van der Waals surface area contributed by atoms with Gasteiger partial charge < -0.3 is 29.1 Å². The summed E-state index contributed by atoms with van der Waals surface area (Å²) in [5.74, 6) is 0.0569. The molecule has 1 atom stereocenters. The van der Waals surface area contributed by atoms with Crippen molar-refractivity contribution >= 4 is 34.6 Å². The van der Waals surface area contributed by atoms with Crippen LogP contribution in [0.2, 0.25) is 0 Å². The van der Waals surface area contributed by atoms with E-state index in [9.17, 15) is 9.59 Å². The van der Waals surface area contributed by atoms with Crippen LogP contribution in [0, 0.1) is 0 Å². The summed E-state index contributed by atoms with van der Waals surface area (Å²) in [6, 6.07) is 15.2. The van der Waals surface area contributed by atoms with Crippen molar-refractivity contribution in [2.45, 2.75) is 25.9 Å². The highest BCUT2D eigenvalue weighted by Crippen LogP contribution is 2.29. The minimum Gasteiger partial charge on any atom is -0.378 e. The minimum atomic E-state index is 0.0274. The molecule has 1 unspecified atom stereocenters. The number of hydrogen-bond donors (Lipinski definition) is 0. The maximum atomic E-state index is 13.3. The van der Waals surface area contributed by atoms with E-state index in [4.69, 9.17) is 9.47 Å². The molecule has 10 heteroatoms. The zero-order valence-corrected chi connectivity index (χ0v) is 23.4. The second-order valence-electron chi connectivity index (χ2n) is 10.6. The van der Waals surface area contributed by atoms with Crippen molar-refractivity contribution in [3.63, 3.8) is 0 Å². The molecule has 0 bridgehead atoms. The lowest BCUT2D eigenvalue weighted by atomic mass is 10.1. The first-order valence-electron chi connectivity index (χ1n) is 14.4. The maximum Gasteiger partial charge on any atom is 0.274 e. The van der Waals surface area contributed by atoms with Gasteiger partial charge in [0.05, 0.1) is 48.7 Å². The number of benzene rings is 2. The van der Waals surface area contributed by atoms with Gasteiger partial charge in [-0.05, 0) is 68.3 Å². The first kappa shape index (κ1) is 27.2. The molecule has 4 aliphatic rings. The molecule has 4 aliphatic heterocycles. The average molecular weight is 557 g/mol. The van der Waals surface area contributed by atoms with Crippen LogP contribution in [-0.2, 0) is 19.1 Å². The van der Waals surface area contributed by atoms with Crippen LogP contribution in [0.5, 0.6) is 0 Å². The molecule has 0 saturated carbocycles. The number of carbonyl (C=O) groups excluding carboxylic acids is 2. The summed E-state index contributed by atoms with van der Waals surface area (Å²) in [7, 11) is 0. The minimum absolute atomic E-state index is 0.0274. The highest BCUT2D eigenvalue weighted by Gasteiger charge is 2.30. The predicted molar refractivity (Wildman–Crippen MR) is 157 cm³/mol. The monoisotopic (exact) mass is 556 g/mol. The maximum absolute atomic E-state index is 13.3. The Morgan fingerprint density at radius 1 is 0.659 bits per heavy atom. The van der Waals surface area contributed by atoms with Crippen molar-refractivity contribution in [3.8, 4) is 0 Å². The van der Waals surface area contributed by atoms with Gasteiger partial charge in [-0.15, -0.1) is 0 Å². The van der Waals surface area contributed by atoms with E-state index in [0.717, 1.165) is 61.8 Å². The molecule has 214 valence electrons. The number of morpholine rings is 2. The van der Waals surface area contributed by atoms with E-state index in [1.54, 1.807) is 0 Å². The van der Waals surface area contributed by atoms with Gasteiger partial charge in [-0.25, -0.2) is 0 Å². The molecule has 0 aromatic heterocycles. The molecule has 2 amide bonds. The van der Waals surface area contributed by atoms with E-state index < -0.39 is 0 Å². The summed E-state index contributed by atoms with van der Waals surface area (Å²) in [6.07, 6.45) is 5.85. The third-order valence-corrected chi connectivity index (χ3v) is 7.85. The topological polar surface area (TPSA) is 90.3 Å². The zero-order chi connectivity index (χ0) is 28.2. The van der Waals surface area contributed by atoms with Gasteiger partial charge >= 0.3 is 0 Å². The zero-order valence-electron chi connectivity index (χ0n) is 23.4. The van der Waals surface area contributed by atoms with Crippen LogP contribution in [0.4, 0.5) is 22.7 Å². The van der Waals surface area contributed by atoms with Gasteiger partial charge in [0, 0.05) is 50.6 Å². The summed E-state index contributed by atoms with van der Waals surface area (Å²) in [6.45, 7) is 8.22. The summed E-state index contributed by atoms with van der Waals surface area (Å²) in [5, 5.41) is 8.78. The van der Waals surface area contributed by atoms with Crippen LogP contribution in [0.25, 0.3) is 0 Å². The Labute approximate surface area is 240 Å². The van der Waals surface area contributed by atoms with Gasteiger partial charge in [-0.1, -0.05) is 12.2 Å². The van der Waals surface area contributed by atoms with E-state index in [0.29, 0.717) is 44.3 Å². The van der Waals surface area contributed by atoms with E-state index in [1.807, 2.05) is 77.4 Å². The molecule has 0 radical (unpaired) electrons. The van der Waals surface area contributed by atoms with E-state index in [2.05, 4.69) is 20.0 Å². The first-order valence-corrected chi connectivity index (χ1v) is 14.4. The highest BCUT2D eigenvalue weighted by atomic mass is 16.5. The quantitative estimate of drug-likeness (QED) is 0.490. The largest absolute Gasteiger partial charge is 0.378 e. The molecule has 4 heterocycles. The fourth-order valence-corrected chi connectivity index (χ4v) is 5.69. The summed E-state index contributed by atoms with van der Waals surface area (Å²) < 4.78 is 11.1. The number of amides is 2. The molecule has 0 N–H and O–H groups in total. The number of ether oxygens (including phenoxy) is 2. The standard InChI is InChI=1S/C31H36N6O4/c1-23-22-35(18-21-41-23)29-5-3-15-37(31(29)39)27-12-8-25(9-13-27)33-32-24-6-10-26(11-7-24)36-14-2-4-28(30(36)38)34-16-19-40-20-17-34/h4-13,23H,2-3,14-22H2,1H3. The highest BCUT2D eigenvalue weighted by molar-refractivity contribution is 6.06. The SMILES string of the molecule is CC1CN(C2=CCCN(c3ccc(N=Nc4ccc(N5CCC=C(N6CCOCC6)C5=O)cc4)cc3)C2=O)CCO1. The van der Waals surface area contributed by atoms with Gasteiger partial charge in [-0.2, -0.15) is 10.2 Å². The molecule has 2 aromatic carbocycles. The van der Waals surface area contributed by atoms with Crippen LogP contribution in [0.3, 0.4) is 0 Å². The second-order valence-corrected chi connectivity index (χ2v) is 10.6. The lowest BCUT2D eigenvalue weighted by Gasteiger charge is -2.37. The number of nitrogens with zero attached hydrogens (tertiary/aromatic N) is 6. The van der Waals surface area contributed by atoms with Gasteiger partial charge in [0.1, 0.15) is 0 Å². The molecule has 41 heavy (non-hydrogen) atoms. The Kier molecular flexibility index (Phi) is 8.11. The fourth-order valence-electron chi connectivity index (χ4n) is 5.69. The second kappa shape index (κ2) is 12.2. The smallest absolute Gasteiger partial charge is 0.274 e. The van der Waals surface area contributed by atoms with Crippen molar-refractivity contribution in [2.75, 3.05) is 68.9 Å². The van der Waals surface area contributed by atoms with Gasteiger partial charge in [0.2, 0.25) is 0 Å². The van der Waals surface area contributed by atoms with Crippen molar-refractivity contribution in [3.05, 3.63) is 72.1 Å². The molecule has 6 rings (SSSR count). The molecule has 0 aliphatic carbocycles. The van der Waals surface area contributed by atoms with Crippen molar-refractivity contribution in [2.24, 2.45) is 10.2 Å². The van der Waals surface area contributed by atoms with Crippen LogP contribution in [0.15, 0.2) is 82.3 Å². The number of hydrogen-bond acceptors (Lipinski definition) is 8. The average Bonchev–Trinajstić information content (AvgIpc) is 3.01. The molecule has 0 spiro atoms. The van der Waals surface area contributed by atoms with Crippen LogP contribution < -0.4 is 9.80 Å². The molecule has 2 fully saturated rings. The third kappa shape index (κ3) is 6.03. The Bertz CT molecular complexity index is 1350. The lowest BCUT2D eigenvalue weighted by molar-refractivity contribution is -0.118. The molecular formula is C31H36N6O4. The lowest BCUT2D eigenvalue weighted by Crippen LogP contribution is -2.47. The molecular weight excluding hydrogens is 520 g/mol. The predicted octanol–water partition coefficient (Wildman–Crippen LogP) is 4.40. The molecule has 10 nitrogen and oxygen atoms in total. The van der Waals surface area contributed by atoms with Gasteiger partial charge in [0.15, 0.2) is 0 Å². The van der Waals surface area contributed by atoms with Crippen molar-refractivity contribution in [1.82, 2.24) is 9.80 Å². The van der Waals surface area contributed by atoms with E-state index in [1.165, 1.54) is 0 Å². The number of carbonyl (C=O) groups is 2. The fraction of sp³-hybridized carbons (Fsp3) is 0.419. The normalized spacial score (nSPS) is 22.3. The number of anilines is 2. The van der Waals surface area contributed by atoms with Crippen molar-refractivity contribution < 1.29 is 19.1 Å². The summed E-state index contributed by atoms with van der Waals surface area (Å²) >= 11 is 0. The van der Waals surface area contributed by atoms with Gasteiger partial charge in [0.25, 0.3) is 11.8 Å². The Balaban J connectivity index is 1.07. The van der Waals surface area contributed by atoms with Crippen LogP contribution in [-0.4, -0.2) is 86.8 Å². The van der Waals surface area contributed by atoms with Crippen molar-refractivity contribution in [1.29, 1.82) is 0 Å². The van der Waals surface area contributed by atoms with E-state index in [-0.39, 0.29) is 17.9 Å². The Hall–Kier alpha value is -4.02. The summed E-state index contributed by atoms with van der Waals surface area (Å²) in [4.78, 5) is 34.4. The van der Waals surface area contributed by atoms with Crippen LogP contribution in [0.1, 0.15) is 19.8 Å². The molecule has 2 aromatic rings. The Morgan fingerprint density at radius 2 is 1.15 bits per heavy atom. The third-order valence-electron chi connectivity index (χ3n) is 7.85. The van der Waals surface area contributed by atoms with Crippen LogP contribution >= 0.6 is 0 Å². The summed E-state index contributed by atoms with van der Waals surface area (Å²) in [5.41, 5.74) is 4.63. The van der Waals surface area contributed by atoms with Gasteiger partial charge in [-0.3, -0.25) is 9.59 Å². The Morgan fingerprint density at radius 3 is 1.66 bits per heavy atom. The van der Waals surface area contributed by atoms with E-state index >= 15 is 0 Å². The number of azo groups is 1.